The Morgan fingerprint density at radius 3 is 2.78 bits per heavy atom. The van der Waals surface area contributed by atoms with Crippen molar-refractivity contribution in [3.8, 4) is 0 Å². The van der Waals surface area contributed by atoms with Gasteiger partial charge in [0.05, 0.1) is 26.4 Å². The Morgan fingerprint density at radius 1 is 1.13 bits per heavy atom. The number of likely N-dealkylation sites (tertiary alicyclic amines) is 1. The number of nitrogens with zero attached hydrogens (tertiary/aromatic N) is 2. The Balaban J connectivity index is 1.44. The number of hydrogen-bond acceptors (Lipinski definition) is 4. The van der Waals surface area contributed by atoms with E-state index < -0.39 is 0 Å². The third-order valence-corrected chi connectivity index (χ3v) is 5.95. The molecule has 5 heteroatoms. The van der Waals surface area contributed by atoms with Crippen LogP contribution in [0.3, 0.4) is 0 Å². The molecule has 3 fully saturated rings. The maximum atomic E-state index is 6.34. The molecule has 3 heterocycles. The van der Waals surface area contributed by atoms with Gasteiger partial charge < -0.3 is 9.47 Å². The number of halogens is 1. The Kier molecular flexibility index (Phi) is 4.61. The van der Waals surface area contributed by atoms with Crippen molar-refractivity contribution in [3.05, 3.63) is 34.9 Å². The zero-order chi connectivity index (χ0) is 15.7. The smallest absolute Gasteiger partial charge is 0.0594 e. The molecule has 0 bridgehead atoms. The van der Waals surface area contributed by atoms with E-state index in [0.717, 1.165) is 70.7 Å². The van der Waals surface area contributed by atoms with E-state index in [1.165, 1.54) is 5.56 Å². The molecule has 126 valence electrons. The largest absolute Gasteiger partial charge is 0.380 e. The summed E-state index contributed by atoms with van der Waals surface area (Å²) in [5.74, 6) is 0.646. The first-order valence-corrected chi connectivity index (χ1v) is 8.97. The van der Waals surface area contributed by atoms with Crippen LogP contribution in [0.15, 0.2) is 24.3 Å². The Hall–Kier alpha value is -0.650. The predicted molar refractivity (Wildman–Crippen MR) is 90.7 cm³/mol. The van der Waals surface area contributed by atoms with Crippen molar-refractivity contribution in [2.45, 2.75) is 6.54 Å². The molecular formula is C18H25ClN2O2. The van der Waals surface area contributed by atoms with Crippen molar-refractivity contribution >= 4 is 11.6 Å². The highest BCUT2D eigenvalue weighted by Gasteiger charge is 2.51. The Labute approximate surface area is 143 Å². The number of benzene rings is 1. The van der Waals surface area contributed by atoms with Gasteiger partial charge in [0.1, 0.15) is 0 Å². The zero-order valence-electron chi connectivity index (χ0n) is 13.5. The van der Waals surface area contributed by atoms with Crippen LogP contribution < -0.4 is 0 Å². The molecule has 1 aromatic carbocycles. The standard InChI is InChI=1S/C18H25ClN2O2/c19-17-4-2-1-3-15(17)9-21-10-16-11-23-14-18(16,13-21)12-20-5-7-22-8-6-20/h1-4,16H,5-14H2/t16-,18+/m1/s1. The van der Waals surface area contributed by atoms with Gasteiger partial charge in [-0.3, -0.25) is 9.80 Å². The summed E-state index contributed by atoms with van der Waals surface area (Å²) in [5, 5.41) is 0.878. The predicted octanol–water partition coefficient (Wildman–Crippen LogP) is 2.12. The molecule has 0 amide bonds. The van der Waals surface area contributed by atoms with Gasteiger partial charge in [-0.05, 0) is 11.6 Å². The lowest BCUT2D eigenvalue weighted by atomic mass is 9.80. The van der Waals surface area contributed by atoms with Crippen LogP contribution in [0.5, 0.6) is 0 Å². The quantitative estimate of drug-likeness (QED) is 0.841. The number of fused-ring (bicyclic) bond motifs is 1. The molecule has 23 heavy (non-hydrogen) atoms. The van der Waals surface area contributed by atoms with Crippen LogP contribution in [0, 0.1) is 11.3 Å². The fourth-order valence-electron chi connectivity index (χ4n) is 4.36. The minimum atomic E-state index is 0.290. The summed E-state index contributed by atoms with van der Waals surface area (Å²) in [6.07, 6.45) is 0. The molecule has 3 aliphatic rings. The lowest BCUT2D eigenvalue weighted by Gasteiger charge is -2.36. The van der Waals surface area contributed by atoms with Gasteiger partial charge in [0, 0.05) is 55.6 Å². The molecule has 0 aliphatic carbocycles. The van der Waals surface area contributed by atoms with Gasteiger partial charge in [-0.2, -0.15) is 0 Å². The van der Waals surface area contributed by atoms with E-state index in [9.17, 15) is 0 Å². The van der Waals surface area contributed by atoms with Crippen LogP contribution in [0.1, 0.15) is 5.56 Å². The first-order chi connectivity index (χ1) is 11.3. The fourth-order valence-corrected chi connectivity index (χ4v) is 4.55. The third-order valence-electron chi connectivity index (χ3n) is 5.59. The molecule has 0 saturated carbocycles. The van der Waals surface area contributed by atoms with E-state index in [0.29, 0.717) is 11.3 Å². The van der Waals surface area contributed by atoms with Gasteiger partial charge in [-0.15, -0.1) is 0 Å². The van der Waals surface area contributed by atoms with Crippen LogP contribution in [0.25, 0.3) is 0 Å². The van der Waals surface area contributed by atoms with E-state index >= 15 is 0 Å². The molecule has 3 saturated heterocycles. The average molecular weight is 337 g/mol. The van der Waals surface area contributed by atoms with Crippen molar-refractivity contribution < 1.29 is 9.47 Å². The summed E-state index contributed by atoms with van der Waals surface area (Å²) in [6.45, 7) is 9.96. The third kappa shape index (κ3) is 3.28. The fraction of sp³-hybridized carbons (Fsp3) is 0.667. The molecule has 2 atom stereocenters. The molecule has 0 unspecified atom stereocenters. The lowest BCUT2D eigenvalue weighted by molar-refractivity contribution is 0.0102. The molecule has 1 aromatic rings. The van der Waals surface area contributed by atoms with Crippen LogP contribution in [0.4, 0.5) is 0 Å². The summed E-state index contributed by atoms with van der Waals surface area (Å²) >= 11 is 6.34. The van der Waals surface area contributed by atoms with Crippen molar-refractivity contribution in [1.29, 1.82) is 0 Å². The monoisotopic (exact) mass is 336 g/mol. The van der Waals surface area contributed by atoms with Crippen molar-refractivity contribution in [1.82, 2.24) is 9.80 Å². The highest BCUT2D eigenvalue weighted by atomic mass is 35.5. The molecule has 3 aliphatic heterocycles. The van der Waals surface area contributed by atoms with E-state index in [2.05, 4.69) is 21.9 Å². The van der Waals surface area contributed by atoms with Crippen LogP contribution in [0.2, 0.25) is 5.02 Å². The summed E-state index contributed by atoms with van der Waals surface area (Å²) < 4.78 is 11.4. The number of morpholine rings is 1. The van der Waals surface area contributed by atoms with Crippen LogP contribution >= 0.6 is 11.6 Å². The Bertz CT molecular complexity index is 550. The second-order valence-corrected chi connectivity index (χ2v) is 7.63. The summed E-state index contributed by atoms with van der Waals surface area (Å²) in [5.41, 5.74) is 1.52. The van der Waals surface area contributed by atoms with Gasteiger partial charge >= 0.3 is 0 Å². The van der Waals surface area contributed by atoms with E-state index in [-0.39, 0.29) is 0 Å². The number of hydrogen-bond donors (Lipinski definition) is 0. The molecule has 0 spiro atoms. The molecular weight excluding hydrogens is 312 g/mol. The molecule has 0 N–H and O–H groups in total. The summed E-state index contributed by atoms with van der Waals surface area (Å²) in [6, 6.07) is 8.20. The SMILES string of the molecule is Clc1ccccc1CN1C[C@@H]2COC[C@]2(CN2CCOCC2)C1. The van der Waals surface area contributed by atoms with Crippen molar-refractivity contribution in [3.63, 3.8) is 0 Å². The maximum Gasteiger partial charge on any atom is 0.0594 e. The molecule has 0 radical (unpaired) electrons. The summed E-state index contributed by atoms with van der Waals surface area (Å²) in [4.78, 5) is 5.12. The van der Waals surface area contributed by atoms with Crippen LogP contribution in [-0.4, -0.2) is 69.0 Å². The minimum absolute atomic E-state index is 0.290. The van der Waals surface area contributed by atoms with Crippen molar-refractivity contribution in [2.75, 3.05) is 59.2 Å². The van der Waals surface area contributed by atoms with Gasteiger partial charge in [0.15, 0.2) is 0 Å². The first kappa shape index (κ1) is 15.9. The highest BCUT2D eigenvalue weighted by molar-refractivity contribution is 6.31. The molecule has 0 aromatic heterocycles. The minimum Gasteiger partial charge on any atom is -0.380 e. The van der Waals surface area contributed by atoms with Crippen LogP contribution in [-0.2, 0) is 16.0 Å². The van der Waals surface area contributed by atoms with Crippen molar-refractivity contribution in [2.24, 2.45) is 11.3 Å². The number of rotatable bonds is 4. The second-order valence-electron chi connectivity index (χ2n) is 7.22. The van der Waals surface area contributed by atoms with Gasteiger partial charge in [-0.1, -0.05) is 29.8 Å². The maximum absolute atomic E-state index is 6.34. The first-order valence-electron chi connectivity index (χ1n) is 8.59. The molecule has 4 rings (SSSR count). The second kappa shape index (κ2) is 6.69. The van der Waals surface area contributed by atoms with Gasteiger partial charge in [-0.25, -0.2) is 0 Å². The van der Waals surface area contributed by atoms with Gasteiger partial charge in [0.2, 0.25) is 0 Å². The highest BCUT2D eigenvalue weighted by Crippen LogP contribution is 2.42. The molecule has 4 nitrogen and oxygen atoms in total. The number of ether oxygens (including phenoxy) is 2. The normalized spacial score (nSPS) is 32.3. The van der Waals surface area contributed by atoms with E-state index in [1.807, 2.05) is 12.1 Å². The van der Waals surface area contributed by atoms with Gasteiger partial charge in [0.25, 0.3) is 0 Å². The van der Waals surface area contributed by atoms with E-state index in [1.54, 1.807) is 0 Å². The van der Waals surface area contributed by atoms with E-state index in [4.69, 9.17) is 21.1 Å². The summed E-state index contributed by atoms with van der Waals surface area (Å²) in [7, 11) is 0. The average Bonchev–Trinajstić information content (AvgIpc) is 3.07. The topological polar surface area (TPSA) is 24.9 Å². The zero-order valence-corrected chi connectivity index (χ0v) is 14.3. The lowest BCUT2D eigenvalue weighted by Crippen LogP contribution is -2.47. The Morgan fingerprint density at radius 2 is 1.96 bits per heavy atom.